The molecule has 11 heteroatoms. The van der Waals surface area contributed by atoms with Crippen molar-refractivity contribution >= 4 is 22.2 Å². The van der Waals surface area contributed by atoms with Gasteiger partial charge >= 0.3 is 0 Å². The molecule has 0 radical (unpaired) electrons. The van der Waals surface area contributed by atoms with Crippen molar-refractivity contribution in [1.82, 2.24) is 20.0 Å². The molecule has 4 atom stereocenters. The van der Waals surface area contributed by atoms with Gasteiger partial charge in [-0.1, -0.05) is 5.16 Å². The van der Waals surface area contributed by atoms with E-state index in [0.717, 1.165) is 93.6 Å². The van der Waals surface area contributed by atoms with E-state index in [1.807, 2.05) is 0 Å². The van der Waals surface area contributed by atoms with Crippen LogP contribution in [0.5, 0.6) is 11.6 Å². The number of nitriles is 1. The standard InChI is InChI=1S/C32H39N7O3S/c1-18(22-10-7-14-38(22)2)41-31-26-30(39-15-4-3-8-19(39)17-40-26)35-29(36-31)25-20-9-5-12-32(27(20)42-37-25)13-6-11-23-24(32)21(16-33)28(34)43-23/h18-19,22H,3-15,17,34H2,1-2H3/t18-,19+,22-,32-/m0/s1. The molecule has 1 spiro atoms. The van der Waals surface area contributed by atoms with Gasteiger partial charge in [-0.25, -0.2) is 4.98 Å². The number of aryl methyl sites for hydroxylation is 1. The van der Waals surface area contributed by atoms with Gasteiger partial charge in [0.1, 0.15) is 23.8 Å². The maximum Gasteiger partial charge on any atom is 0.263 e. The van der Waals surface area contributed by atoms with Crippen LogP contribution in [0.2, 0.25) is 0 Å². The molecule has 0 unspecified atom stereocenters. The zero-order valence-electron chi connectivity index (χ0n) is 25.0. The average Bonchev–Trinajstić information content (AvgIpc) is 3.74. The number of thiophene rings is 1. The fourth-order valence-corrected chi connectivity index (χ4v) is 9.72. The summed E-state index contributed by atoms with van der Waals surface area (Å²) in [5, 5.41) is 15.4. The van der Waals surface area contributed by atoms with Crippen LogP contribution >= 0.6 is 11.3 Å². The highest BCUT2D eigenvalue weighted by molar-refractivity contribution is 7.16. The molecule has 10 nitrogen and oxygen atoms in total. The van der Waals surface area contributed by atoms with Gasteiger partial charge in [-0.3, -0.25) is 4.90 Å². The van der Waals surface area contributed by atoms with Gasteiger partial charge in [0.2, 0.25) is 5.75 Å². The smallest absolute Gasteiger partial charge is 0.263 e. The van der Waals surface area contributed by atoms with Gasteiger partial charge in [-0.15, -0.1) is 11.3 Å². The first-order chi connectivity index (χ1) is 21.0. The van der Waals surface area contributed by atoms with Crippen LogP contribution in [0.15, 0.2) is 4.52 Å². The fraction of sp³-hybridized carbons (Fsp3) is 0.625. The minimum Gasteiger partial charge on any atom is -0.483 e. The lowest BCUT2D eigenvalue weighted by atomic mass is 9.63. The molecule has 2 saturated heterocycles. The molecule has 0 amide bonds. The van der Waals surface area contributed by atoms with E-state index in [0.29, 0.717) is 52.4 Å². The average molecular weight is 602 g/mol. The third-order valence-corrected chi connectivity index (χ3v) is 11.7. The van der Waals surface area contributed by atoms with Gasteiger partial charge in [-0.2, -0.15) is 10.2 Å². The molecule has 3 aliphatic heterocycles. The second-order valence-corrected chi connectivity index (χ2v) is 14.2. The van der Waals surface area contributed by atoms with Crippen LogP contribution in [0.3, 0.4) is 0 Å². The van der Waals surface area contributed by atoms with Crippen molar-refractivity contribution < 1.29 is 14.0 Å². The van der Waals surface area contributed by atoms with E-state index < -0.39 is 0 Å². The van der Waals surface area contributed by atoms with Gasteiger partial charge in [0.15, 0.2) is 23.1 Å². The van der Waals surface area contributed by atoms with Crippen molar-refractivity contribution in [3.8, 4) is 29.2 Å². The number of hydrogen-bond acceptors (Lipinski definition) is 11. The largest absolute Gasteiger partial charge is 0.483 e. The molecule has 0 saturated carbocycles. The first-order valence-electron chi connectivity index (χ1n) is 16.0. The maximum absolute atomic E-state index is 10.1. The number of hydrogen-bond donors (Lipinski definition) is 1. The van der Waals surface area contributed by atoms with E-state index >= 15 is 0 Å². The van der Waals surface area contributed by atoms with Crippen molar-refractivity contribution in [3.63, 3.8) is 0 Å². The number of anilines is 2. The van der Waals surface area contributed by atoms with E-state index in [1.165, 1.54) is 17.7 Å². The van der Waals surface area contributed by atoms with Crippen molar-refractivity contribution in [2.24, 2.45) is 0 Å². The van der Waals surface area contributed by atoms with Crippen molar-refractivity contribution in [2.45, 2.75) is 101 Å². The number of likely N-dealkylation sites (N-methyl/N-ethyl adjacent to an activating group) is 1. The summed E-state index contributed by atoms with van der Waals surface area (Å²) in [6.07, 6.45) is 11.3. The molecule has 8 rings (SSSR count). The highest BCUT2D eigenvalue weighted by atomic mass is 32.1. The SMILES string of the molecule is C[C@H](Oc1nc(-c2noc3c2CCC[C@@]32CCCc3sc(N)c(C#N)c32)nc2c1OC[C@H]1CCCCN21)[C@@H]1CCCN1C. The van der Waals surface area contributed by atoms with Crippen LogP contribution in [0.25, 0.3) is 11.5 Å². The number of nitrogen functional groups attached to an aromatic ring is 1. The summed E-state index contributed by atoms with van der Waals surface area (Å²) in [5.41, 5.74) is 9.39. The second kappa shape index (κ2) is 10.4. The van der Waals surface area contributed by atoms with Crippen LogP contribution < -0.4 is 20.1 Å². The van der Waals surface area contributed by atoms with Crippen molar-refractivity contribution in [3.05, 3.63) is 27.3 Å². The van der Waals surface area contributed by atoms with Crippen LogP contribution in [-0.2, 0) is 18.3 Å². The molecule has 0 aromatic carbocycles. The second-order valence-electron chi connectivity index (χ2n) is 13.1. The third-order valence-electron chi connectivity index (χ3n) is 10.6. The number of nitrogens with zero attached hydrogens (tertiary/aromatic N) is 6. The number of rotatable bonds is 4. The number of aromatic nitrogens is 3. The molecule has 43 heavy (non-hydrogen) atoms. The number of piperidine rings is 1. The molecule has 226 valence electrons. The molecule has 2 aliphatic carbocycles. The lowest BCUT2D eigenvalue weighted by Gasteiger charge is -2.41. The van der Waals surface area contributed by atoms with Gasteiger partial charge < -0.3 is 24.6 Å². The molecular weight excluding hydrogens is 562 g/mol. The van der Waals surface area contributed by atoms with E-state index in [-0.39, 0.29) is 11.5 Å². The Hall–Kier alpha value is -3.36. The minimum absolute atomic E-state index is 0.0503. The summed E-state index contributed by atoms with van der Waals surface area (Å²) in [7, 11) is 2.17. The Morgan fingerprint density at radius 1 is 1.12 bits per heavy atom. The quantitative estimate of drug-likeness (QED) is 0.425. The Morgan fingerprint density at radius 2 is 1.98 bits per heavy atom. The van der Waals surface area contributed by atoms with Crippen LogP contribution in [0, 0.1) is 11.3 Å². The Labute approximate surface area is 256 Å². The van der Waals surface area contributed by atoms with Crippen LogP contribution in [0.4, 0.5) is 10.8 Å². The summed E-state index contributed by atoms with van der Waals surface area (Å²) >= 11 is 1.56. The molecule has 0 bridgehead atoms. The number of likely N-dealkylation sites (tertiary alicyclic amines) is 1. The summed E-state index contributed by atoms with van der Waals surface area (Å²) in [6, 6.07) is 3.05. The summed E-state index contributed by atoms with van der Waals surface area (Å²) < 4.78 is 19.3. The van der Waals surface area contributed by atoms with Crippen molar-refractivity contribution in [2.75, 3.05) is 37.4 Å². The summed E-state index contributed by atoms with van der Waals surface area (Å²) in [4.78, 5) is 16.2. The number of ether oxygens (including phenoxy) is 2. The first kappa shape index (κ1) is 27.2. The van der Waals surface area contributed by atoms with E-state index in [9.17, 15) is 5.26 Å². The molecular formula is C32H39N7O3S. The van der Waals surface area contributed by atoms with E-state index in [4.69, 9.17) is 29.7 Å². The maximum atomic E-state index is 10.1. The Kier molecular flexibility index (Phi) is 6.56. The topological polar surface area (TPSA) is 127 Å². The first-order valence-corrected chi connectivity index (χ1v) is 16.8. The Balaban J connectivity index is 1.25. The monoisotopic (exact) mass is 601 g/mol. The van der Waals surface area contributed by atoms with E-state index in [2.05, 4.69) is 35.0 Å². The van der Waals surface area contributed by atoms with Gasteiger partial charge in [0.25, 0.3) is 5.88 Å². The predicted molar refractivity (Wildman–Crippen MR) is 164 cm³/mol. The molecule has 3 aromatic heterocycles. The molecule has 2 fully saturated rings. The highest BCUT2D eigenvalue weighted by Gasteiger charge is 2.49. The number of fused-ring (bicyclic) bond motifs is 7. The van der Waals surface area contributed by atoms with Crippen LogP contribution in [0.1, 0.15) is 92.0 Å². The molecule has 2 N–H and O–H groups in total. The molecule has 5 aliphatic rings. The van der Waals surface area contributed by atoms with Crippen LogP contribution in [-0.4, -0.2) is 65.0 Å². The zero-order chi connectivity index (χ0) is 29.3. The Bertz CT molecular complexity index is 1610. The highest BCUT2D eigenvalue weighted by Crippen LogP contribution is 2.55. The van der Waals surface area contributed by atoms with Gasteiger partial charge in [-0.05, 0) is 96.7 Å². The number of nitrogens with two attached hydrogens (primary N) is 1. The minimum atomic E-state index is -0.387. The summed E-state index contributed by atoms with van der Waals surface area (Å²) in [6.45, 7) is 4.78. The zero-order valence-corrected chi connectivity index (χ0v) is 25.8. The van der Waals surface area contributed by atoms with Crippen molar-refractivity contribution in [1.29, 1.82) is 5.26 Å². The molecule has 3 aromatic rings. The fourth-order valence-electron chi connectivity index (χ4n) is 8.56. The third kappa shape index (κ3) is 4.16. The molecule has 6 heterocycles. The normalized spacial score (nSPS) is 27.0. The van der Waals surface area contributed by atoms with E-state index in [1.54, 1.807) is 11.3 Å². The summed E-state index contributed by atoms with van der Waals surface area (Å²) in [5.74, 6) is 3.34. The lowest BCUT2D eigenvalue weighted by molar-refractivity contribution is 0.109. The lowest BCUT2D eigenvalue weighted by Crippen LogP contribution is -2.47. The van der Waals surface area contributed by atoms with Gasteiger partial charge in [0.05, 0.1) is 17.0 Å². The van der Waals surface area contributed by atoms with Gasteiger partial charge in [0, 0.05) is 23.0 Å². The Morgan fingerprint density at radius 3 is 2.79 bits per heavy atom. The predicted octanol–water partition coefficient (Wildman–Crippen LogP) is 5.22.